The van der Waals surface area contributed by atoms with E-state index in [9.17, 15) is 9.59 Å². The molecule has 0 aromatic heterocycles. The average molecular weight is 443 g/mol. The minimum absolute atomic E-state index is 0.0130. The van der Waals surface area contributed by atoms with Crippen LogP contribution in [0.25, 0.3) is 0 Å². The summed E-state index contributed by atoms with van der Waals surface area (Å²) in [7, 11) is 1.71. The summed E-state index contributed by atoms with van der Waals surface area (Å²) in [4.78, 5) is 29.4. The molecule has 0 bridgehead atoms. The van der Waals surface area contributed by atoms with E-state index in [1.807, 2.05) is 18.2 Å². The standard InChI is InChI=1S/C26H38N2O4/c1-3-13-27(20-16-21-22(31-2)9-8-10-23(21)32-19-20)14-6-7-15-28-24(29)17-26(18-25(28)30)11-4-5-12-26/h8-10,20H,3-7,11-19H2,1-2H3/t20-/m1/s1. The normalized spacial score (nSPS) is 22.3. The lowest BCUT2D eigenvalue weighted by Crippen LogP contribution is -2.47. The van der Waals surface area contributed by atoms with Crippen LogP contribution in [0.4, 0.5) is 0 Å². The first-order valence-electron chi connectivity index (χ1n) is 12.4. The van der Waals surface area contributed by atoms with Crippen LogP contribution in [-0.4, -0.2) is 61.0 Å². The number of fused-ring (bicyclic) bond motifs is 1. The van der Waals surface area contributed by atoms with Gasteiger partial charge in [-0.3, -0.25) is 19.4 Å². The van der Waals surface area contributed by atoms with Crippen molar-refractivity contribution in [1.29, 1.82) is 0 Å². The maximum Gasteiger partial charge on any atom is 0.229 e. The van der Waals surface area contributed by atoms with Gasteiger partial charge in [-0.05, 0) is 69.2 Å². The largest absolute Gasteiger partial charge is 0.496 e. The molecule has 3 aliphatic rings. The van der Waals surface area contributed by atoms with Gasteiger partial charge < -0.3 is 9.47 Å². The molecule has 2 aliphatic heterocycles. The number of ether oxygens (including phenoxy) is 2. The Morgan fingerprint density at radius 1 is 1.12 bits per heavy atom. The number of carbonyl (C=O) groups excluding carboxylic acids is 2. The minimum Gasteiger partial charge on any atom is -0.496 e. The molecular weight excluding hydrogens is 404 g/mol. The molecule has 1 aliphatic carbocycles. The van der Waals surface area contributed by atoms with Crippen molar-refractivity contribution >= 4 is 11.8 Å². The van der Waals surface area contributed by atoms with E-state index in [0.717, 1.165) is 81.5 Å². The van der Waals surface area contributed by atoms with E-state index in [1.54, 1.807) is 12.0 Å². The highest BCUT2D eigenvalue weighted by Gasteiger charge is 2.44. The first-order valence-corrected chi connectivity index (χ1v) is 12.4. The van der Waals surface area contributed by atoms with Crippen molar-refractivity contribution in [2.75, 3.05) is 33.4 Å². The third-order valence-corrected chi connectivity index (χ3v) is 7.60. The molecule has 1 atom stereocenters. The Morgan fingerprint density at radius 3 is 2.56 bits per heavy atom. The molecule has 1 aromatic rings. The number of carbonyl (C=O) groups is 2. The molecular formula is C26H38N2O4. The highest BCUT2D eigenvalue weighted by Crippen LogP contribution is 2.46. The molecule has 4 rings (SSSR count). The van der Waals surface area contributed by atoms with Gasteiger partial charge in [0.1, 0.15) is 18.1 Å². The molecule has 1 saturated carbocycles. The van der Waals surface area contributed by atoms with E-state index >= 15 is 0 Å². The van der Waals surface area contributed by atoms with Gasteiger partial charge in [-0.25, -0.2) is 0 Å². The van der Waals surface area contributed by atoms with Crippen molar-refractivity contribution in [3.63, 3.8) is 0 Å². The van der Waals surface area contributed by atoms with E-state index in [2.05, 4.69) is 11.8 Å². The van der Waals surface area contributed by atoms with Gasteiger partial charge in [-0.15, -0.1) is 0 Å². The van der Waals surface area contributed by atoms with E-state index in [1.165, 1.54) is 0 Å². The smallest absolute Gasteiger partial charge is 0.229 e. The van der Waals surface area contributed by atoms with Gasteiger partial charge in [-0.2, -0.15) is 0 Å². The number of likely N-dealkylation sites (tertiary alicyclic amines) is 1. The van der Waals surface area contributed by atoms with Crippen molar-refractivity contribution in [3.8, 4) is 11.5 Å². The van der Waals surface area contributed by atoms with Crippen LogP contribution in [0.3, 0.4) is 0 Å². The maximum atomic E-state index is 12.7. The van der Waals surface area contributed by atoms with Gasteiger partial charge in [0.15, 0.2) is 0 Å². The summed E-state index contributed by atoms with van der Waals surface area (Å²) in [6, 6.07) is 6.30. The number of hydrogen-bond acceptors (Lipinski definition) is 5. The average Bonchev–Trinajstić information content (AvgIpc) is 3.23. The van der Waals surface area contributed by atoms with Crippen LogP contribution in [-0.2, 0) is 16.0 Å². The fourth-order valence-corrected chi connectivity index (χ4v) is 5.90. The number of methoxy groups -OCH3 is 1. The van der Waals surface area contributed by atoms with Gasteiger partial charge in [0.05, 0.1) is 7.11 Å². The monoisotopic (exact) mass is 442 g/mol. The van der Waals surface area contributed by atoms with Crippen LogP contribution in [0, 0.1) is 5.41 Å². The Labute approximate surface area is 192 Å². The second-order valence-corrected chi connectivity index (χ2v) is 9.85. The zero-order valence-corrected chi connectivity index (χ0v) is 19.7. The van der Waals surface area contributed by atoms with E-state index < -0.39 is 0 Å². The summed E-state index contributed by atoms with van der Waals surface area (Å²) >= 11 is 0. The second kappa shape index (κ2) is 10.2. The maximum absolute atomic E-state index is 12.7. The number of nitrogens with zero attached hydrogens (tertiary/aromatic N) is 2. The Morgan fingerprint density at radius 2 is 1.88 bits per heavy atom. The van der Waals surface area contributed by atoms with Crippen molar-refractivity contribution < 1.29 is 19.1 Å². The first kappa shape index (κ1) is 23.1. The van der Waals surface area contributed by atoms with Gasteiger partial charge in [0.25, 0.3) is 0 Å². The molecule has 6 nitrogen and oxygen atoms in total. The molecule has 2 heterocycles. The molecule has 2 amide bonds. The SMILES string of the molecule is CCCN(CCCCN1C(=O)CC2(CCCC2)CC1=O)[C@H]1COc2cccc(OC)c2C1. The Bertz CT molecular complexity index is 784. The van der Waals surface area contributed by atoms with Crippen molar-refractivity contribution in [2.45, 2.75) is 77.2 Å². The van der Waals surface area contributed by atoms with Gasteiger partial charge in [0, 0.05) is 31.0 Å². The first-order chi connectivity index (χ1) is 15.5. The summed E-state index contributed by atoms with van der Waals surface area (Å²) in [5, 5.41) is 0. The molecule has 6 heteroatoms. The zero-order chi connectivity index (χ0) is 22.6. The number of rotatable bonds is 9. The number of hydrogen-bond donors (Lipinski definition) is 0. The fourth-order valence-electron chi connectivity index (χ4n) is 5.90. The predicted molar refractivity (Wildman–Crippen MR) is 124 cm³/mol. The van der Waals surface area contributed by atoms with E-state index in [0.29, 0.717) is 32.0 Å². The lowest BCUT2D eigenvalue weighted by Gasteiger charge is -2.37. The van der Waals surface area contributed by atoms with Gasteiger partial charge in [-0.1, -0.05) is 25.8 Å². The van der Waals surface area contributed by atoms with Crippen molar-refractivity contribution in [2.24, 2.45) is 5.41 Å². The van der Waals surface area contributed by atoms with Crippen LogP contribution in [0.15, 0.2) is 18.2 Å². The second-order valence-electron chi connectivity index (χ2n) is 9.85. The number of unbranched alkanes of at least 4 members (excludes halogenated alkanes) is 1. The number of imide groups is 1. The van der Waals surface area contributed by atoms with Crippen molar-refractivity contribution in [1.82, 2.24) is 9.80 Å². The predicted octanol–water partition coefficient (Wildman–Crippen LogP) is 4.20. The topological polar surface area (TPSA) is 59.1 Å². The lowest BCUT2D eigenvalue weighted by atomic mass is 9.76. The van der Waals surface area contributed by atoms with Crippen LogP contribution < -0.4 is 9.47 Å². The van der Waals surface area contributed by atoms with Crippen LogP contribution >= 0.6 is 0 Å². The molecule has 1 spiro atoms. The third-order valence-electron chi connectivity index (χ3n) is 7.60. The molecule has 0 N–H and O–H groups in total. The van der Waals surface area contributed by atoms with Crippen LogP contribution in [0.1, 0.15) is 70.3 Å². The molecule has 2 fully saturated rings. The molecule has 176 valence electrons. The zero-order valence-electron chi connectivity index (χ0n) is 19.7. The van der Waals surface area contributed by atoms with Crippen molar-refractivity contribution in [3.05, 3.63) is 23.8 Å². The Hall–Kier alpha value is -2.08. The fraction of sp³-hybridized carbons (Fsp3) is 0.692. The van der Waals surface area contributed by atoms with Gasteiger partial charge in [0.2, 0.25) is 11.8 Å². The molecule has 0 unspecified atom stereocenters. The minimum atomic E-state index is -0.0130. The van der Waals surface area contributed by atoms with Gasteiger partial charge >= 0.3 is 0 Å². The lowest BCUT2D eigenvalue weighted by molar-refractivity contribution is -0.153. The summed E-state index contributed by atoms with van der Waals surface area (Å²) in [6.45, 7) is 5.42. The summed E-state index contributed by atoms with van der Waals surface area (Å²) in [5.74, 6) is 1.93. The number of benzene rings is 1. The summed E-state index contributed by atoms with van der Waals surface area (Å²) in [5.41, 5.74) is 1.14. The molecule has 0 radical (unpaired) electrons. The molecule has 1 saturated heterocycles. The quantitative estimate of drug-likeness (QED) is 0.424. The van der Waals surface area contributed by atoms with Crippen LogP contribution in [0.2, 0.25) is 0 Å². The Balaban J connectivity index is 1.28. The van der Waals surface area contributed by atoms with E-state index in [-0.39, 0.29) is 17.2 Å². The third kappa shape index (κ3) is 4.95. The highest BCUT2D eigenvalue weighted by atomic mass is 16.5. The highest BCUT2D eigenvalue weighted by molar-refractivity contribution is 5.98. The number of piperidine rings is 1. The number of amides is 2. The summed E-state index contributed by atoms with van der Waals surface area (Å²) < 4.78 is 11.6. The molecule has 32 heavy (non-hydrogen) atoms. The van der Waals surface area contributed by atoms with E-state index in [4.69, 9.17) is 9.47 Å². The summed E-state index contributed by atoms with van der Waals surface area (Å²) in [6.07, 6.45) is 9.39. The molecule has 1 aromatic carbocycles. The van der Waals surface area contributed by atoms with Crippen LogP contribution in [0.5, 0.6) is 11.5 Å². The Kier molecular flexibility index (Phi) is 7.39.